The average molecular weight is 371 g/mol. The van der Waals surface area contributed by atoms with Crippen molar-refractivity contribution in [2.24, 2.45) is 0 Å². The lowest BCUT2D eigenvalue weighted by molar-refractivity contribution is -0.384. The molecule has 2 aromatic rings. The van der Waals surface area contributed by atoms with E-state index < -0.39 is 11.0 Å². The highest BCUT2D eigenvalue weighted by atomic mass is 16.6. The van der Waals surface area contributed by atoms with Crippen molar-refractivity contribution < 1.29 is 14.5 Å². The molecule has 0 unspecified atom stereocenters. The maximum Gasteiger partial charge on any atom is 0.273 e. The van der Waals surface area contributed by atoms with Crippen molar-refractivity contribution >= 4 is 17.3 Å². The van der Waals surface area contributed by atoms with Crippen LogP contribution >= 0.6 is 0 Å². The standard InChI is InChI=1S/C20H25N3O4/c1-5-15-6-8-16(9-7-15)13-22(3)14(2)20(24)21-18-11-10-17(23(25)26)12-19(18)27-4/h6-12,14H,5,13H2,1-4H3,(H,21,24)/t14-/m0/s1. The molecule has 0 saturated carbocycles. The van der Waals surface area contributed by atoms with Gasteiger partial charge in [-0.15, -0.1) is 0 Å². The number of anilines is 1. The molecule has 2 aromatic carbocycles. The largest absolute Gasteiger partial charge is 0.494 e. The van der Waals surface area contributed by atoms with E-state index in [1.54, 1.807) is 0 Å². The molecular weight excluding hydrogens is 346 g/mol. The highest BCUT2D eigenvalue weighted by Crippen LogP contribution is 2.29. The third-order valence-electron chi connectivity index (χ3n) is 4.56. The summed E-state index contributed by atoms with van der Waals surface area (Å²) in [6.07, 6.45) is 0.992. The number of nitrogens with zero attached hydrogens (tertiary/aromatic N) is 2. The van der Waals surface area contributed by atoms with Crippen LogP contribution in [-0.2, 0) is 17.8 Å². The predicted molar refractivity (Wildman–Crippen MR) is 105 cm³/mol. The molecule has 2 rings (SSSR count). The van der Waals surface area contributed by atoms with E-state index in [1.807, 2.05) is 18.9 Å². The van der Waals surface area contributed by atoms with E-state index in [0.717, 1.165) is 12.0 Å². The number of carbonyl (C=O) groups is 1. The lowest BCUT2D eigenvalue weighted by atomic mass is 10.1. The zero-order valence-electron chi connectivity index (χ0n) is 16.1. The van der Waals surface area contributed by atoms with Gasteiger partial charge in [0.05, 0.1) is 29.8 Å². The van der Waals surface area contributed by atoms with Gasteiger partial charge in [0, 0.05) is 12.6 Å². The summed E-state index contributed by atoms with van der Waals surface area (Å²) >= 11 is 0. The molecular formula is C20H25N3O4. The van der Waals surface area contributed by atoms with Gasteiger partial charge in [0.15, 0.2) is 0 Å². The van der Waals surface area contributed by atoms with Crippen molar-refractivity contribution in [2.75, 3.05) is 19.5 Å². The second-order valence-corrected chi connectivity index (χ2v) is 6.39. The van der Waals surface area contributed by atoms with Crippen LogP contribution in [0, 0.1) is 10.1 Å². The van der Waals surface area contributed by atoms with E-state index in [4.69, 9.17) is 4.74 Å². The molecule has 0 bridgehead atoms. The summed E-state index contributed by atoms with van der Waals surface area (Å²) in [7, 11) is 3.29. The minimum Gasteiger partial charge on any atom is -0.494 e. The number of non-ortho nitro benzene ring substituents is 1. The Labute approximate surface area is 159 Å². The Morgan fingerprint density at radius 1 is 1.22 bits per heavy atom. The van der Waals surface area contributed by atoms with Crippen LogP contribution in [0.15, 0.2) is 42.5 Å². The summed E-state index contributed by atoms with van der Waals surface area (Å²) in [5, 5.41) is 13.7. The molecule has 0 aliphatic heterocycles. The molecule has 0 radical (unpaired) electrons. The minimum absolute atomic E-state index is 0.0921. The molecule has 27 heavy (non-hydrogen) atoms. The first-order valence-corrected chi connectivity index (χ1v) is 8.77. The van der Waals surface area contributed by atoms with Crippen molar-refractivity contribution in [3.05, 3.63) is 63.7 Å². The maximum atomic E-state index is 12.6. The number of benzene rings is 2. The molecule has 1 N–H and O–H groups in total. The summed E-state index contributed by atoms with van der Waals surface area (Å²) in [6, 6.07) is 12.0. The first-order chi connectivity index (χ1) is 12.8. The van der Waals surface area contributed by atoms with Gasteiger partial charge in [-0.2, -0.15) is 0 Å². The van der Waals surface area contributed by atoms with E-state index in [9.17, 15) is 14.9 Å². The lowest BCUT2D eigenvalue weighted by Gasteiger charge is -2.24. The molecule has 1 atom stereocenters. The second kappa shape index (κ2) is 9.14. The zero-order chi connectivity index (χ0) is 20.0. The molecule has 0 aliphatic rings. The van der Waals surface area contributed by atoms with E-state index >= 15 is 0 Å². The zero-order valence-corrected chi connectivity index (χ0v) is 16.1. The molecule has 7 heteroatoms. The number of carbonyl (C=O) groups excluding carboxylic acids is 1. The average Bonchev–Trinajstić information content (AvgIpc) is 2.67. The fourth-order valence-electron chi connectivity index (χ4n) is 2.64. The lowest BCUT2D eigenvalue weighted by Crippen LogP contribution is -2.39. The number of methoxy groups -OCH3 is 1. The number of rotatable bonds is 8. The van der Waals surface area contributed by atoms with Gasteiger partial charge in [0.25, 0.3) is 5.69 Å². The molecule has 1 amide bonds. The van der Waals surface area contributed by atoms with Crippen LogP contribution in [0.3, 0.4) is 0 Å². The van der Waals surface area contributed by atoms with Crippen molar-refractivity contribution in [3.8, 4) is 5.75 Å². The van der Waals surface area contributed by atoms with Gasteiger partial charge in [-0.1, -0.05) is 31.2 Å². The third kappa shape index (κ3) is 5.27. The van der Waals surface area contributed by atoms with Gasteiger partial charge < -0.3 is 10.1 Å². The third-order valence-corrected chi connectivity index (χ3v) is 4.56. The van der Waals surface area contributed by atoms with Crippen LogP contribution in [0.2, 0.25) is 0 Å². The number of aryl methyl sites for hydroxylation is 1. The molecule has 0 heterocycles. The summed E-state index contributed by atoms with van der Waals surface area (Å²) in [4.78, 5) is 24.9. The summed E-state index contributed by atoms with van der Waals surface area (Å²) < 4.78 is 5.16. The number of hydrogen-bond acceptors (Lipinski definition) is 5. The first kappa shape index (κ1) is 20.4. The number of likely N-dealkylation sites (N-methyl/N-ethyl adjacent to an activating group) is 1. The molecule has 7 nitrogen and oxygen atoms in total. The van der Waals surface area contributed by atoms with Gasteiger partial charge in [0.2, 0.25) is 5.91 Å². The van der Waals surface area contributed by atoms with Crippen LogP contribution < -0.4 is 10.1 Å². The Balaban J connectivity index is 2.04. The molecule has 144 valence electrons. The Morgan fingerprint density at radius 3 is 2.41 bits per heavy atom. The normalized spacial score (nSPS) is 11.9. The Bertz CT molecular complexity index is 805. The van der Waals surface area contributed by atoms with Gasteiger partial charge in [-0.05, 0) is 37.6 Å². The summed E-state index contributed by atoms with van der Waals surface area (Å²) in [5.74, 6) is 0.0392. The highest BCUT2D eigenvalue weighted by molar-refractivity contribution is 5.96. The molecule has 0 saturated heterocycles. The molecule has 0 aliphatic carbocycles. The SMILES string of the molecule is CCc1ccc(CN(C)[C@@H](C)C(=O)Nc2ccc([N+](=O)[O-])cc2OC)cc1. The van der Waals surface area contributed by atoms with Crippen LogP contribution in [-0.4, -0.2) is 35.9 Å². The molecule has 0 fully saturated rings. The number of nitro benzene ring substituents is 1. The quantitative estimate of drug-likeness (QED) is 0.566. The van der Waals surface area contributed by atoms with Gasteiger partial charge >= 0.3 is 0 Å². The Hall–Kier alpha value is -2.93. The smallest absolute Gasteiger partial charge is 0.273 e. The van der Waals surface area contributed by atoms with Crippen LogP contribution in [0.4, 0.5) is 11.4 Å². The Morgan fingerprint density at radius 2 is 1.85 bits per heavy atom. The number of hydrogen-bond donors (Lipinski definition) is 1. The predicted octanol–water partition coefficient (Wildman–Crippen LogP) is 3.62. The summed E-state index contributed by atoms with van der Waals surface area (Å²) in [5.41, 5.74) is 2.71. The van der Waals surface area contributed by atoms with Crippen LogP contribution in [0.1, 0.15) is 25.0 Å². The molecule has 0 aromatic heterocycles. The van der Waals surface area contributed by atoms with Gasteiger partial charge in [-0.3, -0.25) is 19.8 Å². The van der Waals surface area contributed by atoms with Crippen molar-refractivity contribution in [3.63, 3.8) is 0 Å². The molecule has 0 spiro atoms. The van der Waals surface area contributed by atoms with E-state index in [1.165, 1.54) is 30.9 Å². The fourth-order valence-corrected chi connectivity index (χ4v) is 2.64. The topological polar surface area (TPSA) is 84.7 Å². The maximum absolute atomic E-state index is 12.6. The number of ether oxygens (including phenoxy) is 1. The fraction of sp³-hybridized carbons (Fsp3) is 0.350. The van der Waals surface area contributed by atoms with Crippen LogP contribution in [0.25, 0.3) is 0 Å². The first-order valence-electron chi connectivity index (χ1n) is 8.77. The Kier molecular flexibility index (Phi) is 6.90. The number of nitro groups is 1. The van der Waals surface area contributed by atoms with Crippen molar-refractivity contribution in [2.45, 2.75) is 32.9 Å². The minimum atomic E-state index is -0.506. The van der Waals surface area contributed by atoms with Crippen LogP contribution in [0.5, 0.6) is 5.75 Å². The van der Waals surface area contributed by atoms with Gasteiger partial charge in [0.1, 0.15) is 5.75 Å². The second-order valence-electron chi connectivity index (χ2n) is 6.39. The van der Waals surface area contributed by atoms with E-state index in [-0.39, 0.29) is 17.3 Å². The van der Waals surface area contributed by atoms with Crippen molar-refractivity contribution in [1.82, 2.24) is 4.90 Å². The van der Waals surface area contributed by atoms with Gasteiger partial charge in [-0.25, -0.2) is 0 Å². The monoisotopic (exact) mass is 371 g/mol. The number of amides is 1. The summed E-state index contributed by atoms with van der Waals surface area (Å²) in [6.45, 7) is 4.56. The van der Waals surface area contributed by atoms with E-state index in [0.29, 0.717) is 12.2 Å². The van der Waals surface area contributed by atoms with Crippen molar-refractivity contribution in [1.29, 1.82) is 0 Å². The highest BCUT2D eigenvalue weighted by Gasteiger charge is 2.20. The number of nitrogens with one attached hydrogen (secondary N) is 1. The van der Waals surface area contributed by atoms with E-state index in [2.05, 4.69) is 36.5 Å².